The van der Waals surface area contributed by atoms with Crippen LogP contribution in [0.5, 0.6) is 0 Å². The molecule has 0 spiro atoms. The largest absolute Gasteiger partial charge is 0.411 e. The number of hydrogen-bond acceptors (Lipinski definition) is 5. The van der Waals surface area contributed by atoms with Crippen LogP contribution in [-0.2, 0) is 18.7 Å². The molecule has 126 valence electrons. The molecule has 0 radical (unpaired) electrons. The summed E-state index contributed by atoms with van der Waals surface area (Å²) < 4.78 is 19.0. The van der Waals surface area contributed by atoms with Crippen LogP contribution in [0.1, 0.15) is 41.0 Å². The summed E-state index contributed by atoms with van der Waals surface area (Å²) >= 11 is 0. The molecule has 2 aliphatic heterocycles. The van der Waals surface area contributed by atoms with Gasteiger partial charge < -0.3 is 18.7 Å². The van der Waals surface area contributed by atoms with Crippen molar-refractivity contribution in [3.63, 3.8) is 0 Å². The Hall–Kier alpha value is -0.433. The Morgan fingerprint density at radius 3 is 2.45 bits per heavy atom. The maximum absolute atomic E-state index is 6.66. The molecule has 0 amide bonds. The van der Waals surface area contributed by atoms with Crippen molar-refractivity contribution >= 4 is 14.0 Å². The molecule has 3 aliphatic rings. The van der Waals surface area contributed by atoms with Gasteiger partial charge in [0.05, 0.1) is 17.7 Å². The van der Waals surface area contributed by atoms with E-state index in [2.05, 4.69) is 39.0 Å². The van der Waals surface area contributed by atoms with E-state index in [-0.39, 0.29) is 29.3 Å². The summed E-state index contributed by atoms with van der Waals surface area (Å²) in [6.07, 6.45) is 0.747. The Morgan fingerprint density at radius 1 is 1.18 bits per heavy atom. The van der Waals surface area contributed by atoms with Crippen LogP contribution in [0.2, 0.25) is 18.1 Å². The van der Waals surface area contributed by atoms with Crippen molar-refractivity contribution in [2.24, 2.45) is 11.1 Å². The third-order valence-electron chi connectivity index (χ3n) is 5.45. The minimum Gasteiger partial charge on any atom is -0.411 e. The molecule has 4 unspecified atom stereocenters. The minimum absolute atomic E-state index is 0.00404. The highest BCUT2D eigenvalue weighted by atomic mass is 28.4. The van der Waals surface area contributed by atoms with E-state index >= 15 is 0 Å². The van der Waals surface area contributed by atoms with Gasteiger partial charge in [0.1, 0.15) is 18.8 Å². The SMILES string of the molecule is CC1(C)OC2C(O[Si](C)(C)C(C)(C)C)CC3=NOCC3C2O1. The first-order valence-electron chi connectivity index (χ1n) is 8.22. The monoisotopic (exact) mass is 327 g/mol. The molecule has 0 bridgehead atoms. The summed E-state index contributed by atoms with van der Waals surface area (Å²) in [6, 6.07) is 0. The topological polar surface area (TPSA) is 49.3 Å². The third-order valence-corrected chi connectivity index (χ3v) is 9.96. The average molecular weight is 327 g/mol. The lowest BCUT2D eigenvalue weighted by Gasteiger charge is -2.43. The maximum atomic E-state index is 6.66. The summed E-state index contributed by atoms with van der Waals surface area (Å²) in [4.78, 5) is 5.32. The fourth-order valence-electron chi connectivity index (χ4n) is 3.24. The molecular weight excluding hydrogens is 298 g/mol. The molecule has 2 heterocycles. The van der Waals surface area contributed by atoms with Gasteiger partial charge in [0.15, 0.2) is 14.1 Å². The second-order valence-corrected chi connectivity index (χ2v) is 13.4. The minimum atomic E-state index is -1.87. The first-order chi connectivity index (χ1) is 10.0. The summed E-state index contributed by atoms with van der Waals surface area (Å²) in [7, 11) is -1.87. The van der Waals surface area contributed by atoms with Crippen molar-refractivity contribution in [3.05, 3.63) is 0 Å². The molecule has 0 N–H and O–H groups in total. The van der Waals surface area contributed by atoms with Crippen molar-refractivity contribution in [3.8, 4) is 0 Å². The van der Waals surface area contributed by atoms with E-state index in [4.69, 9.17) is 18.7 Å². The van der Waals surface area contributed by atoms with Crippen LogP contribution >= 0.6 is 0 Å². The highest BCUT2D eigenvalue weighted by Gasteiger charge is 2.56. The van der Waals surface area contributed by atoms with Gasteiger partial charge in [-0.1, -0.05) is 25.9 Å². The zero-order valence-corrected chi connectivity index (χ0v) is 15.8. The second-order valence-electron chi connectivity index (χ2n) is 8.67. The zero-order valence-electron chi connectivity index (χ0n) is 14.8. The van der Waals surface area contributed by atoms with Crippen molar-refractivity contribution in [1.29, 1.82) is 0 Å². The Bertz CT molecular complexity index is 483. The molecule has 3 rings (SSSR count). The number of nitrogens with zero attached hydrogens (tertiary/aromatic N) is 1. The highest BCUT2D eigenvalue weighted by molar-refractivity contribution is 6.74. The van der Waals surface area contributed by atoms with Crippen LogP contribution in [0.15, 0.2) is 5.16 Å². The van der Waals surface area contributed by atoms with Gasteiger partial charge in [-0.2, -0.15) is 0 Å². The quantitative estimate of drug-likeness (QED) is 0.730. The van der Waals surface area contributed by atoms with Crippen LogP contribution in [0.4, 0.5) is 0 Å². The van der Waals surface area contributed by atoms with Crippen LogP contribution in [0.25, 0.3) is 0 Å². The van der Waals surface area contributed by atoms with E-state index in [0.717, 1.165) is 12.1 Å². The molecule has 1 saturated heterocycles. The summed E-state index contributed by atoms with van der Waals surface area (Å²) in [6.45, 7) is 15.9. The zero-order chi connectivity index (χ0) is 16.3. The van der Waals surface area contributed by atoms with Gasteiger partial charge in [-0.15, -0.1) is 0 Å². The molecular formula is C16H29NO4Si. The second kappa shape index (κ2) is 5.03. The molecule has 1 aliphatic carbocycles. The first kappa shape index (κ1) is 16.4. The van der Waals surface area contributed by atoms with E-state index < -0.39 is 14.1 Å². The molecule has 4 atom stereocenters. The van der Waals surface area contributed by atoms with Gasteiger partial charge in [-0.25, -0.2) is 0 Å². The Kier molecular flexibility index (Phi) is 3.76. The number of oxime groups is 1. The van der Waals surface area contributed by atoms with Crippen molar-refractivity contribution in [1.82, 2.24) is 0 Å². The maximum Gasteiger partial charge on any atom is 0.192 e. The van der Waals surface area contributed by atoms with Crippen LogP contribution < -0.4 is 0 Å². The van der Waals surface area contributed by atoms with Crippen molar-refractivity contribution < 1.29 is 18.7 Å². The van der Waals surface area contributed by atoms with Gasteiger partial charge in [0.25, 0.3) is 0 Å². The van der Waals surface area contributed by atoms with Gasteiger partial charge in [-0.3, -0.25) is 0 Å². The lowest BCUT2D eigenvalue weighted by Crippen LogP contribution is -2.55. The van der Waals surface area contributed by atoms with Gasteiger partial charge in [-0.05, 0) is 32.0 Å². The van der Waals surface area contributed by atoms with E-state index in [1.54, 1.807) is 0 Å². The number of fused-ring (bicyclic) bond motifs is 3. The van der Waals surface area contributed by atoms with Crippen molar-refractivity contribution in [2.75, 3.05) is 6.61 Å². The predicted octanol–water partition coefficient (Wildman–Crippen LogP) is 3.30. The number of rotatable bonds is 2. The molecule has 2 fully saturated rings. The Balaban J connectivity index is 1.85. The fraction of sp³-hybridized carbons (Fsp3) is 0.938. The van der Waals surface area contributed by atoms with E-state index in [9.17, 15) is 0 Å². The molecule has 6 heteroatoms. The van der Waals surface area contributed by atoms with E-state index in [1.807, 2.05) is 13.8 Å². The number of ether oxygens (including phenoxy) is 2. The van der Waals surface area contributed by atoms with E-state index in [0.29, 0.717) is 6.61 Å². The van der Waals surface area contributed by atoms with E-state index in [1.165, 1.54) is 0 Å². The predicted molar refractivity (Wildman–Crippen MR) is 87.4 cm³/mol. The lowest BCUT2D eigenvalue weighted by atomic mass is 9.82. The normalized spacial score (nSPS) is 37.3. The van der Waals surface area contributed by atoms with Crippen LogP contribution in [-0.4, -0.2) is 44.7 Å². The Morgan fingerprint density at radius 2 is 1.82 bits per heavy atom. The lowest BCUT2D eigenvalue weighted by molar-refractivity contribution is -0.154. The van der Waals surface area contributed by atoms with Crippen molar-refractivity contribution in [2.45, 2.75) is 83.3 Å². The average Bonchev–Trinajstić information content (AvgIpc) is 2.89. The smallest absolute Gasteiger partial charge is 0.192 e. The first-order valence-corrected chi connectivity index (χ1v) is 11.1. The molecule has 5 nitrogen and oxygen atoms in total. The third kappa shape index (κ3) is 2.75. The number of hydrogen-bond donors (Lipinski definition) is 0. The summed E-state index contributed by atoms with van der Waals surface area (Å²) in [5.41, 5.74) is 1.08. The van der Waals surface area contributed by atoms with Crippen LogP contribution in [0, 0.1) is 5.92 Å². The summed E-state index contributed by atoms with van der Waals surface area (Å²) in [5.74, 6) is -0.353. The Labute approximate surface area is 134 Å². The molecule has 1 saturated carbocycles. The highest BCUT2D eigenvalue weighted by Crippen LogP contribution is 2.45. The molecule has 0 aromatic rings. The molecule has 0 aromatic heterocycles. The summed E-state index contributed by atoms with van der Waals surface area (Å²) in [5, 5.41) is 4.39. The standard InChI is InChI=1S/C16H29NO4Si/c1-15(2,3)22(6,7)21-12-8-11-10(9-18-17-11)13-14(12)20-16(4,5)19-13/h10,12-14H,8-9H2,1-7H3. The van der Waals surface area contributed by atoms with Crippen LogP contribution in [0.3, 0.4) is 0 Å². The fourth-order valence-corrected chi connectivity index (χ4v) is 4.57. The molecule has 22 heavy (non-hydrogen) atoms. The van der Waals surface area contributed by atoms with Gasteiger partial charge in [0, 0.05) is 6.42 Å². The van der Waals surface area contributed by atoms with Gasteiger partial charge >= 0.3 is 0 Å². The van der Waals surface area contributed by atoms with Gasteiger partial charge in [0.2, 0.25) is 0 Å². The molecule has 0 aromatic carbocycles.